The third-order valence-corrected chi connectivity index (χ3v) is 4.36. The number of hydrogen-bond acceptors (Lipinski definition) is 6. The Kier molecular flexibility index (Phi) is 2.72. The van der Waals surface area contributed by atoms with E-state index in [0.717, 1.165) is 11.1 Å². The quantitative estimate of drug-likeness (QED) is 0.558. The van der Waals surface area contributed by atoms with Crippen LogP contribution in [0.25, 0.3) is 21.7 Å². The summed E-state index contributed by atoms with van der Waals surface area (Å²) in [5.41, 5.74) is 1.14. The van der Waals surface area contributed by atoms with Crippen molar-refractivity contribution in [1.29, 1.82) is 0 Å². The van der Waals surface area contributed by atoms with Gasteiger partial charge in [0.25, 0.3) is 0 Å². The molecule has 0 radical (unpaired) electrons. The summed E-state index contributed by atoms with van der Waals surface area (Å²) in [6.45, 7) is 0. The van der Waals surface area contributed by atoms with Crippen molar-refractivity contribution in [3.63, 3.8) is 0 Å². The van der Waals surface area contributed by atoms with Gasteiger partial charge in [0.2, 0.25) is 11.5 Å². The van der Waals surface area contributed by atoms with E-state index in [2.05, 4.69) is 0 Å². The average molecular weight is 314 g/mol. The molecule has 2 N–H and O–H groups in total. The molecule has 0 fully saturated rings. The van der Waals surface area contributed by atoms with Gasteiger partial charge in [0.05, 0.1) is 19.6 Å². The molecule has 6 nitrogen and oxygen atoms in total. The summed E-state index contributed by atoms with van der Waals surface area (Å²) in [4.78, 5) is 12.3. The maximum atomic E-state index is 12.3. The van der Waals surface area contributed by atoms with Crippen molar-refractivity contribution in [3.8, 4) is 23.0 Å². The van der Waals surface area contributed by atoms with Gasteiger partial charge in [-0.1, -0.05) is 0 Å². The SMILES string of the molecule is COc1c(OC)c2c3c(oc(=O)c4cc(O)cc(c43)CC2)c1O. The number of phenols is 2. The standard InChI is InChI=1S/C17H14O6/c1-21-14-9-4-3-7-5-8(18)6-10-11(7)12(9)15(23-17(10)20)13(19)16(14)22-2/h5-6,18-19H,3-4H2,1-2H3. The van der Waals surface area contributed by atoms with Crippen LogP contribution in [0, 0.1) is 0 Å². The Morgan fingerprint density at radius 1 is 1.04 bits per heavy atom. The fourth-order valence-corrected chi connectivity index (χ4v) is 3.47. The van der Waals surface area contributed by atoms with Gasteiger partial charge < -0.3 is 24.1 Å². The maximum absolute atomic E-state index is 12.3. The van der Waals surface area contributed by atoms with Crippen molar-refractivity contribution < 1.29 is 24.1 Å². The van der Waals surface area contributed by atoms with Gasteiger partial charge in [-0.2, -0.15) is 0 Å². The molecule has 1 aliphatic rings. The average Bonchev–Trinajstić information content (AvgIpc) is 2.54. The third kappa shape index (κ3) is 1.66. The Labute approximate surface area is 130 Å². The van der Waals surface area contributed by atoms with Gasteiger partial charge in [-0.3, -0.25) is 0 Å². The predicted octanol–water partition coefficient (Wildman–Crippen LogP) is 2.47. The Bertz CT molecular complexity index is 1030. The first-order chi connectivity index (χ1) is 11.1. The number of rotatable bonds is 2. The van der Waals surface area contributed by atoms with E-state index in [9.17, 15) is 15.0 Å². The van der Waals surface area contributed by atoms with Crippen molar-refractivity contribution in [3.05, 3.63) is 33.7 Å². The molecule has 0 bridgehead atoms. The lowest BCUT2D eigenvalue weighted by atomic mass is 9.87. The van der Waals surface area contributed by atoms with Crippen LogP contribution in [0.1, 0.15) is 11.1 Å². The van der Waals surface area contributed by atoms with Crippen molar-refractivity contribution >= 4 is 21.7 Å². The van der Waals surface area contributed by atoms with Crippen LogP contribution in [-0.2, 0) is 12.8 Å². The van der Waals surface area contributed by atoms with Gasteiger partial charge in [0.15, 0.2) is 11.3 Å². The largest absolute Gasteiger partial charge is 0.508 e. The van der Waals surface area contributed by atoms with E-state index < -0.39 is 5.63 Å². The zero-order chi connectivity index (χ0) is 16.3. The molecule has 3 aromatic rings. The highest BCUT2D eigenvalue weighted by molar-refractivity contribution is 6.12. The second-order valence-electron chi connectivity index (χ2n) is 5.51. The second-order valence-corrected chi connectivity index (χ2v) is 5.51. The summed E-state index contributed by atoms with van der Waals surface area (Å²) in [6.07, 6.45) is 1.26. The summed E-state index contributed by atoms with van der Waals surface area (Å²) in [7, 11) is 2.92. The first kappa shape index (κ1) is 13.8. The summed E-state index contributed by atoms with van der Waals surface area (Å²) in [6, 6.07) is 3.02. The Balaban J connectivity index is 2.36. The molecule has 1 aromatic heterocycles. The first-order valence-corrected chi connectivity index (χ1v) is 7.15. The monoisotopic (exact) mass is 314 g/mol. The van der Waals surface area contributed by atoms with E-state index >= 15 is 0 Å². The van der Waals surface area contributed by atoms with Gasteiger partial charge in [-0.25, -0.2) is 4.79 Å². The lowest BCUT2D eigenvalue weighted by molar-refractivity contribution is 0.329. The van der Waals surface area contributed by atoms with Gasteiger partial charge >= 0.3 is 5.63 Å². The number of hydrogen-bond donors (Lipinski definition) is 2. The van der Waals surface area contributed by atoms with Crippen LogP contribution in [0.15, 0.2) is 21.3 Å². The second kappa shape index (κ2) is 4.55. The van der Waals surface area contributed by atoms with E-state index in [1.54, 1.807) is 6.07 Å². The molecule has 0 amide bonds. The number of benzene rings is 2. The number of ether oxygens (including phenoxy) is 2. The molecular weight excluding hydrogens is 300 g/mol. The van der Waals surface area contributed by atoms with Crippen molar-refractivity contribution in [2.45, 2.75) is 12.8 Å². The minimum atomic E-state index is -0.611. The normalized spacial score (nSPS) is 13.0. The highest BCUT2D eigenvalue weighted by Gasteiger charge is 2.28. The topological polar surface area (TPSA) is 89.1 Å². The van der Waals surface area contributed by atoms with Crippen LogP contribution >= 0.6 is 0 Å². The third-order valence-electron chi connectivity index (χ3n) is 4.36. The summed E-state index contributed by atoms with van der Waals surface area (Å²) >= 11 is 0. The van der Waals surface area contributed by atoms with E-state index in [1.807, 2.05) is 0 Å². The molecule has 1 aliphatic carbocycles. The lowest BCUT2D eigenvalue weighted by Crippen LogP contribution is -2.10. The molecule has 0 saturated heterocycles. The fraction of sp³-hybridized carbons (Fsp3) is 0.235. The van der Waals surface area contributed by atoms with Crippen LogP contribution < -0.4 is 15.1 Å². The maximum Gasteiger partial charge on any atom is 0.344 e. The minimum Gasteiger partial charge on any atom is -0.508 e. The summed E-state index contributed by atoms with van der Waals surface area (Å²) < 4.78 is 16.0. The highest BCUT2D eigenvalue weighted by atomic mass is 16.5. The predicted molar refractivity (Wildman–Crippen MR) is 83.8 cm³/mol. The number of aryl methyl sites for hydroxylation is 2. The Morgan fingerprint density at radius 3 is 2.48 bits per heavy atom. The molecule has 1 heterocycles. The van der Waals surface area contributed by atoms with Crippen LogP contribution in [-0.4, -0.2) is 24.4 Å². The molecule has 2 aromatic carbocycles. The first-order valence-electron chi connectivity index (χ1n) is 7.15. The van der Waals surface area contributed by atoms with Crippen LogP contribution in [0.2, 0.25) is 0 Å². The van der Waals surface area contributed by atoms with Gasteiger partial charge in [-0.15, -0.1) is 0 Å². The van der Waals surface area contributed by atoms with Gasteiger partial charge in [0.1, 0.15) is 5.75 Å². The smallest absolute Gasteiger partial charge is 0.344 e. The number of phenolic OH excluding ortho intramolecular Hbond substituents is 2. The fourth-order valence-electron chi connectivity index (χ4n) is 3.47. The zero-order valence-corrected chi connectivity index (χ0v) is 12.6. The zero-order valence-electron chi connectivity index (χ0n) is 12.6. The van der Waals surface area contributed by atoms with Crippen LogP contribution in [0.5, 0.6) is 23.0 Å². The van der Waals surface area contributed by atoms with Crippen LogP contribution in [0.4, 0.5) is 0 Å². The molecule has 118 valence electrons. The van der Waals surface area contributed by atoms with Crippen molar-refractivity contribution in [1.82, 2.24) is 0 Å². The molecule has 0 aliphatic heterocycles. The van der Waals surface area contributed by atoms with E-state index in [0.29, 0.717) is 34.7 Å². The van der Waals surface area contributed by atoms with E-state index in [-0.39, 0.29) is 22.8 Å². The molecular formula is C17H14O6. The molecule has 4 rings (SSSR count). The summed E-state index contributed by atoms with van der Waals surface area (Å²) in [5, 5.41) is 21.9. The van der Waals surface area contributed by atoms with E-state index in [1.165, 1.54) is 20.3 Å². The van der Waals surface area contributed by atoms with Gasteiger partial charge in [-0.05, 0) is 30.5 Å². The minimum absolute atomic E-state index is 0.0206. The molecule has 0 atom stereocenters. The van der Waals surface area contributed by atoms with Crippen molar-refractivity contribution in [2.75, 3.05) is 14.2 Å². The Hall–Kier alpha value is -2.89. The lowest BCUT2D eigenvalue weighted by Gasteiger charge is -2.22. The molecule has 0 saturated carbocycles. The van der Waals surface area contributed by atoms with Crippen LogP contribution in [0.3, 0.4) is 0 Å². The summed E-state index contributed by atoms with van der Waals surface area (Å²) in [5.74, 6) is 0.349. The Morgan fingerprint density at radius 2 is 1.78 bits per heavy atom. The number of aromatic hydroxyl groups is 2. The number of methoxy groups -OCH3 is 2. The highest BCUT2D eigenvalue weighted by Crippen LogP contribution is 2.50. The van der Waals surface area contributed by atoms with Crippen molar-refractivity contribution in [2.24, 2.45) is 0 Å². The molecule has 6 heteroatoms. The van der Waals surface area contributed by atoms with Gasteiger partial charge in [0, 0.05) is 16.3 Å². The molecule has 0 unspecified atom stereocenters. The molecule has 23 heavy (non-hydrogen) atoms. The van der Waals surface area contributed by atoms with E-state index in [4.69, 9.17) is 13.9 Å². The molecule has 0 spiro atoms.